The van der Waals surface area contributed by atoms with Crippen molar-refractivity contribution in [2.24, 2.45) is 0 Å². The number of H-pyrrole nitrogens is 1. The molecule has 1 atom stereocenters. The third-order valence-corrected chi connectivity index (χ3v) is 5.70. The summed E-state index contributed by atoms with van der Waals surface area (Å²) < 4.78 is 12.0. The molecule has 0 radical (unpaired) electrons. The number of anilines is 1. The first-order valence-corrected chi connectivity index (χ1v) is 11.2. The standard InChI is InChI=1S/C26H25N5O3/c1-2-23(32)31-16-6-7-18(17-31)28-26-24-22(14-15-27-25(24)29-30-26)34-21-12-10-20(11-13-21)33-19-8-4-3-5-9-19/h2-5,8-15,18H,1,6-7,16-17H2,(H2,27,28,29,30). The minimum atomic E-state index is -0.0521. The molecule has 1 amide bonds. The van der Waals surface area contributed by atoms with Crippen LogP contribution >= 0.6 is 0 Å². The Morgan fingerprint density at radius 1 is 1.06 bits per heavy atom. The largest absolute Gasteiger partial charge is 0.457 e. The van der Waals surface area contributed by atoms with Gasteiger partial charge in [-0.3, -0.25) is 9.89 Å². The van der Waals surface area contributed by atoms with Crippen LogP contribution in [0.5, 0.6) is 23.0 Å². The number of hydrogen-bond donors (Lipinski definition) is 2. The highest BCUT2D eigenvalue weighted by Crippen LogP contribution is 2.34. The Bertz CT molecular complexity index is 1290. The van der Waals surface area contributed by atoms with Crippen molar-refractivity contribution in [1.29, 1.82) is 0 Å². The van der Waals surface area contributed by atoms with Crippen molar-refractivity contribution in [1.82, 2.24) is 20.1 Å². The highest BCUT2D eigenvalue weighted by Gasteiger charge is 2.24. The molecule has 1 aliphatic heterocycles. The highest BCUT2D eigenvalue weighted by molar-refractivity contribution is 5.93. The number of nitrogens with one attached hydrogen (secondary N) is 2. The number of carbonyl (C=O) groups excluding carboxylic acids is 1. The van der Waals surface area contributed by atoms with Crippen LogP contribution in [0.2, 0.25) is 0 Å². The maximum atomic E-state index is 12.0. The smallest absolute Gasteiger partial charge is 0.246 e. The molecule has 0 spiro atoms. The number of fused-ring (bicyclic) bond motifs is 1. The minimum absolute atomic E-state index is 0.0521. The zero-order valence-corrected chi connectivity index (χ0v) is 18.6. The van der Waals surface area contributed by atoms with Crippen LogP contribution in [0, 0.1) is 0 Å². The lowest BCUT2D eigenvalue weighted by atomic mass is 10.1. The molecule has 4 aromatic rings. The average Bonchev–Trinajstić information content (AvgIpc) is 3.29. The molecule has 1 fully saturated rings. The van der Waals surface area contributed by atoms with Crippen molar-refractivity contribution < 1.29 is 14.3 Å². The monoisotopic (exact) mass is 455 g/mol. The minimum Gasteiger partial charge on any atom is -0.457 e. The van der Waals surface area contributed by atoms with E-state index >= 15 is 0 Å². The van der Waals surface area contributed by atoms with Crippen LogP contribution in [-0.2, 0) is 4.79 Å². The third kappa shape index (κ3) is 4.71. The molecular formula is C26H25N5O3. The Labute approximate surface area is 197 Å². The predicted octanol–water partition coefficient (Wildman–Crippen LogP) is 5.13. The molecule has 172 valence electrons. The van der Waals surface area contributed by atoms with Gasteiger partial charge in [0.25, 0.3) is 0 Å². The Balaban J connectivity index is 1.33. The maximum Gasteiger partial charge on any atom is 0.246 e. The highest BCUT2D eigenvalue weighted by atomic mass is 16.5. The molecule has 0 saturated carbocycles. The SMILES string of the molecule is C=CC(=O)N1CCCC(Nc2n[nH]c3nccc(Oc4ccc(Oc5ccccc5)cc4)c23)C1. The van der Waals surface area contributed by atoms with Crippen molar-refractivity contribution >= 4 is 22.8 Å². The molecule has 8 nitrogen and oxygen atoms in total. The van der Waals surface area contributed by atoms with Gasteiger partial charge in [-0.05, 0) is 55.3 Å². The van der Waals surface area contributed by atoms with Gasteiger partial charge in [0.2, 0.25) is 5.91 Å². The zero-order valence-electron chi connectivity index (χ0n) is 18.6. The first-order chi connectivity index (χ1) is 16.7. The van der Waals surface area contributed by atoms with Gasteiger partial charge >= 0.3 is 0 Å². The Kier molecular flexibility index (Phi) is 6.11. The van der Waals surface area contributed by atoms with Crippen molar-refractivity contribution in [2.75, 3.05) is 18.4 Å². The van der Waals surface area contributed by atoms with Gasteiger partial charge < -0.3 is 19.7 Å². The summed E-state index contributed by atoms with van der Waals surface area (Å²) in [5.41, 5.74) is 0.624. The zero-order chi connectivity index (χ0) is 23.3. The summed E-state index contributed by atoms with van der Waals surface area (Å²) in [6.45, 7) is 4.93. The predicted molar refractivity (Wildman–Crippen MR) is 130 cm³/mol. The number of para-hydroxylation sites is 1. The number of benzene rings is 2. The summed E-state index contributed by atoms with van der Waals surface area (Å²) in [5, 5.41) is 11.6. The molecule has 1 unspecified atom stereocenters. The van der Waals surface area contributed by atoms with Crippen LogP contribution in [-0.4, -0.2) is 45.1 Å². The second kappa shape index (κ2) is 9.66. The van der Waals surface area contributed by atoms with Crippen LogP contribution in [0.4, 0.5) is 5.82 Å². The lowest BCUT2D eigenvalue weighted by Gasteiger charge is -2.32. The lowest BCUT2D eigenvalue weighted by molar-refractivity contribution is -0.127. The summed E-state index contributed by atoms with van der Waals surface area (Å²) in [5.74, 6) is 3.40. The summed E-state index contributed by atoms with van der Waals surface area (Å²) >= 11 is 0. The van der Waals surface area contributed by atoms with Crippen molar-refractivity contribution in [3.8, 4) is 23.0 Å². The van der Waals surface area contributed by atoms with Crippen molar-refractivity contribution in [3.63, 3.8) is 0 Å². The van der Waals surface area contributed by atoms with Gasteiger partial charge in [0.1, 0.15) is 28.4 Å². The summed E-state index contributed by atoms with van der Waals surface area (Å²) in [4.78, 5) is 18.2. The molecule has 0 aliphatic carbocycles. The van der Waals surface area contributed by atoms with Crippen LogP contribution in [0.1, 0.15) is 12.8 Å². The molecule has 2 aromatic heterocycles. The molecule has 34 heavy (non-hydrogen) atoms. The summed E-state index contributed by atoms with van der Waals surface area (Å²) in [7, 11) is 0. The Morgan fingerprint density at radius 3 is 2.56 bits per heavy atom. The number of nitrogens with zero attached hydrogens (tertiary/aromatic N) is 3. The van der Waals surface area contributed by atoms with E-state index in [0.717, 1.165) is 36.3 Å². The number of amides is 1. The van der Waals surface area contributed by atoms with E-state index in [1.54, 1.807) is 11.1 Å². The molecule has 2 N–H and O–H groups in total. The third-order valence-electron chi connectivity index (χ3n) is 5.70. The van der Waals surface area contributed by atoms with Gasteiger partial charge in [-0.1, -0.05) is 24.8 Å². The van der Waals surface area contributed by atoms with E-state index < -0.39 is 0 Å². The first kappa shape index (κ1) is 21.5. The summed E-state index contributed by atoms with van der Waals surface area (Å²) in [6.07, 6.45) is 4.89. The number of pyridine rings is 1. The number of likely N-dealkylation sites (tertiary alicyclic amines) is 1. The molecule has 5 rings (SSSR count). The molecule has 3 heterocycles. The number of carbonyl (C=O) groups is 1. The van der Waals surface area contributed by atoms with E-state index in [2.05, 4.69) is 27.1 Å². The number of aromatic amines is 1. The van der Waals surface area contributed by atoms with Gasteiger partial charge in [0.05, 0.1) is 0 Å². The van der Waals surface area contributed by atoms with Crippen LogP contribution in [0.25, 0.3) is 11.0 Å². The van der Waals surface area contributed by atoms with Crippen LogP contribution < -0.4 is 14.8 Å². The van der Waals surface area contributed by atoms with E-state index in [1.807, 2.05) is 60.7 Å². The maximum absolute atomic E-state index is 12.0. The topological polar surface area (TPSA) is 92.4 Å². The first-order valence-electron chi connectivity index (χ1n) is 11.2. The second-order valence-electron chi connectivity index (χ2n) is 8.07. The van der Waals surface area contributed by atoms with Gasteiger partial charge in [0, 0.05) is 31.4 Å². The van der Waals surface area contributed by atoms with Gasteiger partial charge in [0.15, 0.2) is 11.5 Å². The van der Waals surface area contributed by atoms with Gasteiger partial charge in [-0.2, -0.15) is 5.10 Å². The fourth-order valence-electron chi connectivity index (χ4n) is 4.06. The molecule has 8 heteroatoms. The van der Waals surface area contributed by atoms with E-state index in [-0.39, 0.29) is 11.9 Å². The quantitative estimate of drug-likeness (QED) is 0.375. The van der Waals surface area contributed by atoms with E-state index in [1.165, 1.54) is 6.08 Å². The van der Waals surface area contributed by atoms with Gasteiger partial charge in [-0.15, -0.1) is 0 Å². The Hall–Kier alpha value is -4.33. The van der Waals surface area contributed by atoms with E-state index in [0.29, 0.717) is 29.5 Å². The van der Waals surface area contributed by atoms with Crippen LogP contribution in [0.15, 0.2) is 79.5 Å². The van der Waals surface area contributed by atoms with E-state index in [4.69, 9.17) is 9.47 Å². The fourth-order valence-corrected chi connectivity index (χ4v) is 4.06. The van der Waals surface area contributed by atoms with Crippen LogP contribution in [0.3, 0.4) is 0 Å². The lowest BCUT2D eigenvalue weighted by Crippen LogP contribution is -2.44. The number of hydrogen-bond acceptors (Lipinski definition) is 6. The number of piperidine rings is 1. The second-order valence-corrected chi connectivity index (χ2v) is 8.07. The molecule has 2 aromatic carbocycles. The molecule has 0 bridgehead atoms. The van der Waals surface area contributed by atoms with E-state index in [9.17, 15) is 4.79 Å². The molecular weight excluding hydrogens is 430 g/mol. The Morgan fingerprint density at radius 2 is 1.79 bits per heavy atom. The van der Waals surface area contributed by atoms with Crippen molar-refractivity contribution in [2.45, 2.75) is 18.9 Å². The number of rotatable bonds is 7. The number of ether oxygens (including phenoxy) is 2. The number of aromatic nitrogens is 3. The average molecular weight is 456 g/mol. The van der Waals surface area contributed by atoms with Crippen molar-refractivity contribution in [3.05, 3.63) is 79.5 Å². The fraction of sp³-hybridized carbons (Fsp3) is 0.192. The van der Waals surface area contributed by atoms with Gasteiger partial charge in [-0.25, -0.2) is 4.98 Å². The molecule has 1 aliphatic rings. The molecule has 1 saturated heterocycles. The summed E-state index contributed by atoms with van der Waals surface area (Å²) in [6, 6.07) is 19.0. The normalized spacial score (nSPS) is 15.6.